The van der Waals surface area contributed by atoms with Crippen molar-refractivity contribution < 1.29 is 14.3 Å². The van der Waals surface area contributed by atoms with Crippen LogP contribution in [0.5, 0.6) is 5.75 Å². The standard InChI is InChI=1S/C25H22N4O3/c1-32-22-9-5-8-21(14-22)28-25(31)23-16-29(17-26-23)15-18-10-12-20(13-11-18)27-24(30)19-6-3-2-4-7-19/h2-14,16-17H,15H2,1H3,(H,27,30)(H,28,31). The minimum absolute atomic E-state index is 0.153. The highest BCUT2D eigenvalue weighted by molar-refractivity contribution is 6.04. The van der Waals surface area contributed by atoms with Crippen LogP contribution < -0.4 is 15.4 Å². The van der Waals surface area contributed by atoms with Crippen LogP contribution in [0.3, 0.4) is 0 Å². The zero-order valence-electron chi connectivity index (χ0n) is 17.5. The van der Waals surface area contributed by atoms with Gasteiger partial charge in [0, 0.05) is 35.7 Å². The van der Waals surface area contributed by atoms with E-state index < -0.39 is 0 Å². The number of nitrogens with one attached hydrogen (secondary N) is 2. The molecule has 0 fully saturated rings. The first kappa shape index (κ1) is 20.9. The molecule has 0 unspecified atom stereocenters. The van der Waals surface area contributed by atoms with Crippen LogP contribution in [0, 0.1) is 0 Å². The maximum absolute atomic E-state index is 12.5. The SMILES string of the molecule is COc1cccc(NC(=O)c2cn(Cc3ccc(NC(=O)c4ccccc4)cc3)cn2)c1. The zero-order chi connectivity index (χ0) is 22.3. The number of benzene rings is 3. The fourth-order valence-electron chi connectivity index (χ4n) is 3.16. The third-order valence-corrected chi connectivity index (χ3v) is 4.81. The summed E-state index contributed by atoms with van der Waals surface area (Å²) in [5.74, 6) is 0.215. The number of carbonyl (C=O) groups is 2. The number of amides is 2. The van der Waals surface area contributed by atoms with Crippen LogP contribution in [0.4, 0.5) is 11.4 Å². The lowest BCUT2D eigenvalue weighted by Crippen LogP contribution is -2.12. The third-order valence-electron chi connectivity index (χ3n) is 4.81. The molecule has 2 amide bonds. The third kappa shape index (κ3) is 5.20. The van der Waals surface area contributed by atoms with Crippen LogP contribution in [-0.4, -0.2) is 28.5 Å². The molecule has 4 aromatic rings. The first-order valence-corrected chi connectivity index (χ1v) is 10.0. The van der Waals surface area contributed by atoms with Crippen LogP contribution in [0.1, 0.15) is 26.4 Å². The summed E-state index contributed by atoms with van der Waals surface area (Å²) < 4.78 is 7.00. The molecular formula is C25H22N4O3. The molecule has 0 saturated heterocycles. The molecule has 7 heteroatoms. The van der Waals surface area contributed by atoms with Crippen LogP contribution in [0.2, 0.25) is 0 Å². The fourth-order valence-corrected chi connectivity index (χ4v) is 3.16. The second-order valence-corrected chi connectivity index (χ2v) is 7.13. The minimum Gasteiger partial charge on any atom is -0.497 e. The molecule has 0 spiro atoms. The summed E-state index contributed by atoms with van der Waals surface area (Å²) in [6, 6.07) is 23.8. The highest BCUT2D eigenvalue weighted by Crippen LogP contribution is 2.17. The molecule has 0 bridgehead atoms. The Morgan fingerprint density at radius 3 is 2.38 bits per heavy atom. The topological polar surface area (TPSA) is 85.2 Å². The molecule has 1 heterocycles. The lowest BCUT2D eigenvalue weighted by Gasteiger charge is -2.07. The van der Waals surface area contributed by atoms with Gasteiger partial charge >= 0.3 is 0 Å². The van der Waals surface area contributed by atoms with Gasteiger partial charge in [0.05, 0.1) is 13.4 Å². The Morgan fingerprint density at radius 2 is 1.62 bits per heavy atom. The maximum atomic E-state index is 12.5. The van der Waals surface area contributed by atoms with Gasteiger partial charge in [0.2, 0.25) is 0 Å². The summed E-state index contributed by atoms with van der Waals surface area (Å²) >= 11 is 0. The Morgan fingerprint density at radius 1 is 0.875 bits per heavy atom. The molecule has 2 N–H and O–H groups in total. The van der Waals surface area contributed by atoms with Crippen molar-refractivity contribution in [3.05, 3.63) is 108 Å². The van der Waals surface area contributed by atoms with E-state index in [-0.39, 0.29) is 11.8 Å². The number of imidazole rings is 1. The molecule has 160 valence electrons. The van der Waals surface area contributed by atoms with Crippen molar-refractivity contribution in [3.8, 4) is 5.75 Å². The Balaban J connectivity index is 1.35. The molecule has 0 saturated carbocycles. The van der Waals surface area contributed by atoms with E-state index >= 15 is 0 Å². The average molecular weight is 426 g/mol. The average Bonchev–Trinajstić information content (AvgIpc) is 3.30. The van der Waals surface area contributed by atoms with Gasteiger partial charge in [0.1, 0.15) is 11.4 Å². The lowest BCUT2D eigenvalue weighted by atomic mass is 10.2. The fraction of sp³-hybridized carbons (Fsp3) is 0.0800. The predicted octanol–water partition coefficient (Wildman–Crippen LogP) is 4.44. The van der Waals surface area contributed by atoms with Gasteiger partial charge in [-0.25, -0.2) is 4.98 Å². The second kappa shape index (κ2) is 9.61. The molecule has 32 heavy (non-hydrogen) atoms. The summed E-state index contributed by atoms with van der Waals surface area (Å²) in [6.07, 6.45) is 3.31. The number of ether oxygens (including phenoxy) is 1. The molecule has 0 aliphatic heterocycles. The van der Waals surface area contributed by atoms with Crippen LogP contribution >= 0.6 is 0 Å². The lowest BCUT2D eigenvalue weighted by molar-refractivity contribution is 0.101. The van der Waals surface area contributed by atoms with Gasteiger partial charge in [0.15, 0.2) is 0 Å². The number of hydrogen-bond donors (Lipinski definition) is 2. The molecule has 1 aromatic heterocycles. The number of methoxy groups -OCH3 is 1. The van der Waals surface area contributed by atoms with Gasteiger partial charge in [0.25, 0.3) is 11.8 Å². The predicted molar refractivity (Wildman–Crippen MR) is 123 cm³/mol. The Bertz CT molecular complexity index is 1220. The summed E-state index contributed by atoms with van der Waals surface area (Å²) in [5, 5.41) is 5.69. The molecule has 4 rings (SSSR count). The highest BCUT2D eigenvalue weighted by Gasteiger charge is 2.11. The quantitative estimate of drug-likeness (QED) is 0.457. The molecule has 0 radical (unpaired) electrons. The van der Waals surface area contributed by atoms with E-state index in [0.717, 1.165) is 5.56 Å². The van der Waals surface area contributed by atoms with Gasteiger partial charge in [-0.15, -0.1) is 0 Å². The summed E-state index contributed by atoms with van der Waals surface area (Å²) in [5.41, 5.74) is 3.29. The molecular weight excluding hydrogens is 404 g/mol. The van der Waals surface area contributed by atoms with Gasteiger partial charge in [-0.3, -0.25) is 9.59 Å². The van der Waals surface area contributed by atoms with Gasteiger partial charge in [-0.1, -0.05) is 36.4 Å². The number of carbonyl (C=O) groups excluding carboxylic acids is 2. The van der Waals surface area contributed by atoms with E-state index in [1.54, 1.807) is 50.0 Å². The van der Waals surface area contributed by atoms with Crippen molar-refractivity contribution in [3.63, 3.8) is 0 Å². The zero-order valence-corrected chi connectivity index (χ0v) is 17.5. The largest absolute Gasteiger partial charge is 0.497 e. The highest BCUT2D eigenvalue weighted by atomic mass is 16.5. The molecule has 0 atom stereocenters. The van der Waals surface area contributed by atoms with E-state index in [2.05, 4.69) is 15.6 Å². The number of anilines is 2. The van der Waals surface area contributed by atoms with Crippen molar-refractivity contribution >= 4 is 23.2 Å². The van der Waals surface area contributed by atoms with Crippen molar-refractivity contribution in [2.24, 2.45) is 0 Å². The maximum Gasteiger partial charge on any atom is 0.275 e. The van der Waals surface area contributed by atoms with E-state index in [1.807, 2.05) is 53.1 Å². The van der Waals surface area contributed by atoms with E-state index in [4.69, 9.17) is 4.74 Å². The Labute approximate surface area is 185 Å². The van der Waals surface area contributed by atoms with E-state index in [0.29, 0.717) is 34.9 Å². The van der Waals surface area contributed by atoms with Crippen molar-refractivity contribution in [1.82, 2.24) is 9.55 Å². The smallest absolute Gasteiger partial charge is 0.275 e. The summed E-state index contributed by atoms with van der Waals surface area (Å²) in [4.78, 5) is 28.9. The van der Waals surface area contributed by atoms with Crippen LogP contribution in [-0.2, 0) is 6.54 Å². The normalized spacial score (nSPS) is 10.4. The molecule has 7 nitrogen and oxygen atoms in total. The molecule has 0 aliphatic carbocycles. The monoisotopic (exact) mass is 426 g/mol. The van der Waals surface area contributed by atoms with Gasteiger partial charge in [-0.05, 0) is 42.0 Å². The number of aromatic nitrogens is 2. The Hall–Kier alpha value is -4.39. The van der Waals surface area contributed by atoms with Crippen LogP contribution in [0.15, 0.2) is 91.4 Å². The minimum atomic E-state index is -0.295. The summed E-state index contributed by atoms with van der Waals surface area (Å²) in [6.45, 7) is 0.548. The van der Waals surface area contributed by atoms with Crippen LogP contribution in [0.25, 0.3) is 0 Å². The van der Waals surface area contributed by atoms with E-state index in [1.165, 1.54) is 0 Å². The van der Waals surface area contributed by atoms with Gasteiger partial charge < -0.3 is 19.9 Å². The number of hydrogen-bond acceptors (Lipinski definition) is 4. The van der Waals surface area contributed by atoms with Gasteiger partial charge in [-0.2, -0.15) is 0 Å². The van der Waals surface area contributed by atoms with Crippen molar-refractivity contribution in [2.45, 2.75) is 6.54 Å². The number of nitrogens with zero attached hydrogens (tertiary/aromatic N) is 2. The Kier molecular flexibility index (Phi) is 6.27. The number of rotatable bonds is 7. The molecule has 3 aromatic carbocycles. The summed E-state index contributed by atoms with van der Waals surface area (Å²) in [7, 11) is 1.58. The van der Waals surface area contributed by atoms with Crippen molar-refractivity contribution in [2.75, 3.05) is 17.7 Å². The first-order chi connectivity index (χ1) is 15.6. The van der Waals surface area contributed by atoms with Crippen molar-refractivity contribution in [1.29, 1.82) is 0 Å². The van der Waals surface area contributed by atoms with E-state index in [9.17, 15) is 9.59 Å². The second-order valence-electron chi connectivity index (χ2n) is 7.13. The molecule has 0 aliphatic rings. The first-order valence-electron chi connectivity index (χ1n) is 10.0.